The van der Waals surface area contributed by atoms with Crippen LogP contribution >= 0.6 is 0 Å². The second-order valence-corrected chi connectivity index (χ2v) is 4.85. The first kappa shape index (κ1) is 14.2. The molecule has 0 bridgehead atoms. The molecule has 0 radical (unpaired) electrons. The van der Waals surface area contributed by atoms with E-state index < -0.39 is 0 Å². The Hall–Kier alpha value is -0.870. The van der Waals surface area contributed by atoms with Gasteiger partial charge in [0, 0.05) is 26.0 Å². The normalized spacial score (nSPS) is 13.9. The molecule has 1 rings (SSSR count). The fourth-order valence-electron chi connectivity index (χ4n) is 1.97. The van der Waals surface area contributed by atoms with E-state index in [0.29, 0.717) is 0 Å². The zero-order valence-corrected chi connectivity index (χ0v) is 11.7. The van der Waals surface area contributed by atoms with Gasteiger partial charge in [0.05, 0.1) is 11.6 Å². The van der Waals surface area contributed by atoms with Crippen LogP contribution < -0.4 is 5.32 Å². The van der Waals surface area contributed by atoms with Gasteiger partial charge in [0.1, 0.15) is 5.82 Å². The second kappa shape index (κ2) is 6.17. The molecule has 1 aromatic rings. The summed E-state index contributed by atoms with van der Waals surface area (Å²) < 4.78 is 7.69. The van der Waals surface area contributed by atoms with Crippen LogP contribution in [0.2, 0.25) is 0 Å². The summed E-state index contributed by atoms with van der Waals surface area (Å²) in [6, 6.07) is 0.241. The summed E-state index contributed by atoms with van der Waals surface area (Å²) in [5, 5.41) is 3.49. The summed E-state index contributed by atoms with van der Waals surface area (Å²) >= 11 is 0. The molecule has 4 nitrogen and oxygen atoms in total. The molecule has 0 aliphatic rings. The lowest BCUT2D eigenvalue weighted by Crippen LogP contribution is -2.33. The van der Waals surface area contributed by atoms with E-state index in [4.69, 9.17) is 4.74 Å². The summed E-state index contributed by atoms with van der Waals surface area (Å²) in [7, 11) is 1.76. The highest BCUT2D eigenvalue weighted by molar-refractivity contribution is 5.01. The molecule has 17 heavy (non-hydrogen) atoms. The van der Waals surface area contributed by atoms with Crippen LogP contribution in [-0.2, 0) is 11.3 Å². The van der Waals surface area contributed by atoms with Crippen molar-refractivity contribution in [2.75, 3.05) is 13.7 Å². The van der Waals surface area contributed by atoms with E-state index in [2.05, 4.69) is 42.6 Å². The van der Waals surface area contributed by atoms with Crippen molar-refractivity contribution >= 4 is 0 Å². The van der Waals surface area contributed by atoms with E-state index in [1.807, 2.05) is 12.4 Å². The van der Waals surface area contributed by atoms with Gasteiger partial charge in [-0.15, -0.1) is 0 Å². The van der Waals surface area contributed by atoms with Crippen LogP contribution in [0.25, 0.3) is 0 Å². The molecule has 1 aromatic heterocycles. The van der Waals surface area contributed by atoms with Crippen molar-refractivity contribution in [2.45, 2.75) is 52.3 Å². The molecule has 0 aliphatic heterocycles. The molecular weight excluding hydrogens is 214 g/mol. The maximum Gasteiger partial charge on any atom is 0.125 e. The number of ether oxygens (including phenoxy) is 1. The van der Waals surface area contributed by atoms with Gasteiger partial charge in [-0.25, -0.2) is 4.98 Å². The number of aromatic nitrogens is 2. The monoisotopic (exact) mass is 239 g/mol. The van der Waals surface area contributed by atoms with Crippen molar-refractivity contribution in [1.29, 1.82) is 0 Å². The zero-order valence-electron chi connectivity index (χ0n) is 11.7. The lowest BCUT2D eigenvalue weighted by atomic mass is 9.98. The Bertz CT molecular complexity index is 333. The molecule has 0 saturated heterocycles. The molecule has 1 unspecified atom stereocenters. The molecule has 4 heteroatoms. The Morgan fingerprint density at radius 2 is 2.18 bits per heavy atom. The minimum atomic E-state index is -0.142. The van der Waals surface area contributed by atoms with E-state index in [1.165, 1.54) is 0 Å². The Morgan fingerprint density at radius 3 is 2.71 bits per heavy atom. The molecule has 1 N–H and O–H groups in total. The predicted octanol–water partition coefficient (Wildman–Crippen LogP) is 2.37. The fourth-order valence-corrected chi connectivity index (χ4v) is 1.97. The molecule has 0 fully saturated rings. The maximum absolute atomic E-state index is 5.51. The quantitative estimate of drug-likeness (QED) is 0.794. The second-order valence-electron chi connectivity index (χ2n) is 4.85. The summed E-state index contributed by atoms with van der Waals surface area (Å²) in [5.41, 5.74) is -0.142. The van der Waals surface area contributed by atoms with E-state index in [-0.39, 0.29) is 11.6 Å². The number of nitrogens with one attached hydrogen (secondary N) is 1. The van der Waals surface area contributed by atoms with E-state index in [0.717, 1.165) is 25.3 Å². The fraction of sp³-hybridized carbons (Fsp3) is 0.769. The topological polar surface area (TPSA) is 39.1 Å². The van der Waals surface area contributed by atoms with Crippen molar-refractivity contribution in [1.82, 2.24) is 14.9 Å². The number of methoxy groups -OCH3 is 1. The SMILES string of the molecule is CCNC(CC(C)(C)OC)c1nccn1CC. The zero-order chi connectivity index (χ0) is 12.9. The van der Waals surface area contributed by atoms with E-state index in [9.17, 15) is 0 Å². The predicted molar refractivity (Wildman–Crippen MR) is 70.0 cm³/mol. The Labute approximate surface area is 104 Å². The van der Waals surface area contributed by atoms with Crippen LogP contribution in [0.4, 0.5) is 0 Å². The highest BCUT2D eigenvalue weighted by atomic mass is 16.5. The number of aryl methyl sites for hydroxylation is 1. The van der Waals surface area contributed by atoms with Crippen LogP contribution in [0.1, 0.15) is 46.0 Å². The highest BCUT2D eigenvalue weighted by Crippen LogP contribution is 2.25. The molecule has 0 spiro atoms. The van der Waals surface area contributed by atoms with E-state index in [1.54, 1.807) is 7.11 Å². The third-order valence-electron chi connectivity index (χ3n) is 3.10. The minimum Gasteiger partial charge on any atom is -0.379 e. The molecule has 0 aromatic carbocycles. The third-order valence-corrected chi connectivity index (χ3v) is 3.10. The first-order valence-electron chi connectivity index (χ1n) is 6.33. The number of rotatable bonds is 7. The van der Waals surface area contributed by atoms with Crippen molar-refractivity contribution in [3.05, 3.63) is 18.2 Å². The van der Waals surface area contributed by atoms with Gasteiger partial charge in [-0.2, -0.15) is 0 Å². The van der Waals surface area contributed by atoms with Crippen LogP contribution in [0.5, 0.6) is 0 Å². The summed E-state index contributed by atoms with van der Waals surface area (Å²) in [6.45, 7) is 10.3. The minimum absolute atomic E-state index is 0.142. The third kappa shape index (κ3) is 3.82. The van der Waals surface area contributed by atoms with Gasteiger partial charge in [0.2, 0.25) is 0 Å². The number of nitrogens with zero attached hydrogens (tertiary/aromatic N) is 2. The van der Waals surface area contributed by atoms with Gasteiger partial charge >= 0.3 is 0 Å². The molecule has 0 amide bonds. The Balaban J connectivity index is 2.85. The van der Waals surface area contributed by atoms with Crippen LogP contribution in [0, 0.1) is 0 Å². The molecule has 0 saturated carbocycles. The van der Waals surface area contributed by atoms with Crippen molar-refractivity contribution in [2.24, 2.45) is 0 Å². The average molecular weight is 239 g/mol. The number of imidazole rings is 1. The molecule has 1 atom stereocenters. The summed E-state index contributed by atoms with van der Waals surface area (Å²) in [5.74, 6) is 1.10. The lowest BCUT2D eigenvalue weighted by molar-refractivity contribution is 0.00597. The first-order valence-corrected chi connectivity index (χ1v) is 6.33. The first-order chi connectivity index (χ1) is 8.04. The smallest absolute Gasteiger partial charge is 0.125 e. The average Bonchev–Trinajstić information content (AvgIpc) is 2.76. The van der Waals surface area contributed by atoms with E-state index >= 15 is 0 Å². The summed E-state index contributed by atoms with van der Waals surface area (Å²) in [6.07, 6.45) is 4.80. The van der Waals surface area contributed by atoms with Gasteiger partial charge in [-0.05, 0) is 33.7 Å². The van der Waals surface area contributed by atoms with Gasteiger partial charge in [0.25, 0.3) is 0 Å². The van der Waals surface area contributed by atoms with Crippen LogP contribution in [0.3, 0.4) is 0 Å². The van der Waals surface area contributed by atoms with Crippen molar-refractivity contribution in [3.63, 3.8) is 0 Å². The van der Waals surface area contributed by atoms with Crippen LogP contribution in [0.15, 0.2) is 12.4 Å². The van der Waals surface area contributed by atoms with Crippen LogP contribution in [-0.4, -0.2) is 28.8 Å². The van der Waals surface area contributed by atoms with Gasteiger partial charge < -0.3 is 14.6 Å². The van der Waals surface area contributed by atoms with Crippen molar-refractivity contribution in [3.8, 4) is 0 Å². The summed E-state index contributed by atoms with van der Waals surface area (Å²) in [4.78, 5) is 4.47. The number of hydrogen-bond donors (Lipinski definition) is 1. The number of hydrogen-bond acceptors (Lipinski definition) is 3. The lowest BCUT2D eigenvalue weighted by Gasteiger charge is -2.29. The highest BCUT2D eigenvalue weighted by Gasteiger charge is 2.25. The van der Waals surface area contributed by atoms with Gasteiger partial charge in [0.15, 0.2) is 0 Å². The van der Waals surface area contributed by atoms with Crippen molar-refractivity contribution < 1.29 is 4.74 Å². The largest absolute Gasteiger partial charge is 0.379 e. The Morgan fingerprint density at radius 1 is 1.47 bits per heavy atom. The maximum atomic E-state index is 5.51. The van der Waals surface area contributed by atoms with Gasteiger partial charge in [-0.3, -0.25) is 0 Å². The molecule has 98 valence electrons. The molecule has 1 heterocycles. The molecule has 0 aliphatic carbocycles. The molecular formula is C13H25N3O. The van der Waals surface area contributed by atoms with Gasteiger partial charge in [-0.1, -0.05) is 6.92 Å². The Kier molecular flexibility index (Phi) is 5.15. The standard InChI is InChI=1S/C13H25N3O/c1-6-14-11(10-13(3,4)17-5)12-15-8-9-16(12)7-2/h8-9,11,14H,6-7,10H2,1-5H3.